The van der Waals surface area contributed by atoms with Crippen molar-refractivity contribution in [3.63, 3.8) is 0 Å². The van der Waals surface area contributed by atoms with Gasteiger partial charge in [-0.3, -0.25) is 0 Å². The SMILES string of the molecule is Cc1ccc(CN(C)S(=O)(=O)c2ccc(S(=O)(=O)N3CCCC3)cc2)c(C)c1. The molecule has 6 nitrogen and oxygen atoms in total. The van der Waals surface area contributed by atoms with E-state index in [1.54, 1.807) is 0 Å². The van der Waals surface area contributed by atoms with Crippen LogP contribution in [0.4, 0.5) is 0 Å². The second-order valence-corrected chi connectivity index (χ2v) is 11.3. The number of rotatable bonds is 6. The quantitative estimate of drug-likeness (QED) is 0.717. The predicted octanol–water partition coefficient (Wildman–Crippen LogP) is 2.91. The third-order valence-corrected chi connectivity index (χ3v) is 8.86. The Bertz CT molecular complexity index is 1060. The third kappa shape index (κ3) is 4.15. The minimum absolute atomic E-state index is 0.0835. The molecule has 0 unspecified atom stereocenters. The summed E-state index contributed by atoms with van der Waals surface area (Å²) in [6, 6.07) is 11.4. The summed E-state index contributed by atoms with van der Waals surface area (Å²) in [5, 5.41) is 0. The maximum atomic E-state index is 12.9. The maximum absolute atomic E-state index is 12.9. The molecule has 28 heavy (non-hydrogen) atoms. The Hall–Kier alpha value is -1.74. The highest BCUT2D eigenvalue weighted by molar-refractivity contribution is 7.89. The summed E-state index contributed by atoms with van der Waals surface area (Å²) < 4.78 is 53.7. The first-order valence-electron chi connectivity index (χ1n) is 9.25. The number of benzene rings is 2. The number of nitrogens with zero attached hydrogens (tertiary/aromatic N) is 2. The zero-order valence-corrected chi connectivity index (χ0v) is 18.1. The van der Waals surface area contributed by atoms with Gasteiger partial charge in [-0.15, -0.1) is 0 Å². The summed E-state index contributed by atoms with van der Waals surface area (Å²) in [6.45, 7) is 5.24. The molecule has 152 valence electrons. The molecule has 2 aromatic carbocycles. The van der Waals surface area contributed by atoms with Crippen LogP contribution in [0.5, 0.6) is 0 Å². The Labute approximate surface area is 167 Å². The molecule has 0 aromatic heterocycles. The fourth-order valence-corrected chi connectivity index (χ4v) is 6.06. The van der Waals surface area contributed by atoms with Gasteiger partial charge in [0.2, 0.25) is 20.0 Å². The van der Waals surface area contributed by atoms with E-state index in [2.05, 4.69) is 0 Å². The largest absolute Gasteiger partial charge is 0.243 e. The molecule has 0 N–H and O–H groups in total. The van der Waals surface area contributed by atoms with E-state index in [4.69, 9.17) is 0 Å². The van der Waals surface area contributed by atoms with E-state index in [0.29, 0.717) is 13.1 Å². The molecule has 0 atom stereocenters. The van der Waals surface area contributed by atoms with Gasteiger partial charge in [-0.25, -0.2) is 16.8 Å². The summed E-state index contributed by atoms with van der Waals surface area (Å²) in [6.07, 6.45) is 1.71. The lowest BCUT2D eigenvalue weighted by molar-refractivity contribution is 0.465. The monoisotopic (exact) mass is 422 g/mol. The normalized spacial score (nSPS) is 16.0. The lowest BCUT2D eigenvalue weighted by Gasteiger charge is -2.19. The summed E-state index contributed by atoms with van der Waals surface area (Å²) in [5.41, 5.74) is 3.10. The summed E-state index contributed by atoms with van der Waals surface area (Å²) in [7, 11) is -5.74. The molecule has 0 bridgehead atoms. The van der Waals surface area contributed by atoms with Gasteiger partial charge in [0, 0.05) is 26.7 Å². The van der Waals surface area contributed by atoms with Crippen LogP contribution in [0.1, 0.15) is 29.5 Å². The Morgan fingerprint density at radius 2 is 1.46 bits per heavy atom. The van der Waals surface area contributed by atoms with Gasteiger partial charge in [0.15, 0.2) is 0 Å². The van der Waals surface area contributed by atoms with Crippen molar-refractivity contribution >= 4 is 20.0 Å². The molecular formula is C20H26N2O4S2. The second kappa shape index (κ2) is 7.94. The Balaban J connectivity index is 1.81. The topological polar surface area (TPSA) is 74.8 Å². The molecule has 8 heteroatoms. The molecule has 3 rings (SSSR count). The van der Waals surface area contributed by atoms with Crippen LogP contribution in [0.15, 0.2) is 52.3 Å². The molecule has 1 saturated heterocycles. The molecule has 0 amide bonds. The van der Waals surface area contributed by atoms with Gasteiger partial charge in [-0.2, -0.15) is 8.61 Å². The first-order chi connectivity index (χ1) is 13.1. The number of aryl methyl sites for hydroxylation is 2. The highest BCUT2D eigenvalue weighted by Crippen LogP contribution is 2.24. The zero-order chi connectivity index (χ0) is 20.5. The first kappa shape index (κ1) is 21.0. The summed E-state index contributed by atoms with van der Waals surface area (Å²) >= 11 is 0. The first-order valence-corrected chi connectivity index (χ1v) is 12.1. The van der Waals surface area contributed by atoms with Crippen molar-refractivity contribution in [2.45, 2.75) is 43.0 Å². The molecule has 1 aliphatic rings. The fourth-order valence-electron chi connectivity index (χ4n) is 3.39. The van der Waals surface area contributed by atoms with Gasteiger partial charge < -0.3 is 0 Å². The van der Waals surface area contributed by atoms with Crippen molar-refractivity contribution in [2.75, 3.05) is 20.1 Å². The molecule has 1 heterocycles. The highest BCUT2D eigenvalue weighted by Gasteiger charge is 2.28. The average Bonchev–Trinajstić information content (AvgIpc) is 3.19. The number of hydrogen-bond donors (Lipinski definition) is 0. The smallest absolute Gasteiger partial charge is 0.207 e. The minimum atomic E-state index is -3.72. The standard InChI is InChI=1S/C20H26N2O4S2/c1-16-6-7-18(17(2)14-16)15-21(3)27(23,24)19-8-10-20(11-9-19)28(25,26)22-12-4-5-13-22/h6-11,14H,4-5,12-13,15H2,1-3H3. The van der Waals surface area contributed by atoms with Crippen molar-refractivity contribution in [2.24, 2.45) is 0 Å². The van der Waals surface area contributed by atoms with Gasteiger partial charge in [0.1, 0.15) is 0 Å². The van der Waals surface area contributed by atoms with Crippen LogP contribution >= 0.6 is 0 Å². The Morgan fingerprint density at radius 3 is 2.04 bits per heavy atom. The van der Waals surface area contributed by atoms with E-state index >= 15 is 0 Å². The van der Waals surface area contributed by atoms with Crippen molar-refractivity contribution < 1.29 is 16.8 Å². The molecule has 0 saturated carbocycles. The van der Waals surface area contributed by atoms with E-state index in [0.717, 1.165) is 29.5 Å². The molecule has 1 aliphatic heterocycles. The molecule has 0 aliphatic carbocycles. The Kier molecular flexibility index (Phi) is 5.95. The van der Waals surface area contributed by atoms with Crippen molar-refractivity contribution in [1.82, 2.24) is 8.61 Å². The summed E-state index contributed by atoms with van der Waals surface area (Å²) in [5.74, 6) is 0. The molecular weight excluding hydrogens is 396 g/mol. The lowest BCUT2D eigenvalue weighted by atomic mass is 10.1. The van der Waals surface area contributed by atoms with Crippen LogP contribution in [0, 0.1) is 13.8 Å². The van der Waals surface area contributed by atoms with E-state index in [-0.39, 0.29) is 16.3 Å². The molecule has 1 fully saturated rings. The van der Waals surface area contributed by atoms with Crippen LogP contribution < -0.4 is 0 Å². The van der Waals surface area contributed by atoms with Crippen LogP contribution in [-0.4, -0.2) is 45.6 Å². The lowest BCUT2D eigenvalue weighted by Crippen LogP contribution is -2.28. The summed E-state index contributed by atoms with van der Waals surface area (Å²) in [4.78, 5) is 0.213. The van der Waals surface area contributed by atoms with Gasteiger partial charge in [-0.05, 0) is 62.1 Å². The van der Waals surface area contributed by atoms with Gasteiger partial charge in [0.05, 0.1) is 9.79 Å². The van der Waals surface area contributed by atoms with Gasteiger partial charge >= 0.3 is 0 Å². The minimum Gasteiger partial charge on any atom is -0.207 e. The second-order valence-electron chi connectivity index (χ2n) is 7.27. The highest BCUT2D eigenvalue weighted by atomic mass is 32.2. The average molecular weight is 423 g/mol. The van der Waals surface area contributed by atoms with Crippen LogP contribution in [0.25, 0.3) is 0 Å². The van der Waals surface area contributed by atoms with Crippen molar-refractivity contribution in [1.29, 1.82) is 0 Å². The third-order valence-electron chi connectivity index (χ3n) is 5.13. The fraction of sp³-hybridized carbons (Fsp3) is 0.400. The number of hydrogen-bond acceptors (Lipinski definition) is 4. The van der Waals surface area contributed by atoms with Gasteiger partial charge in [0.25, 0.3) is 0 Å². The van der Waals surface area contributed by atoms with Crippen LogP contribution in [0.3, 0.4) is 0 Å². The molecule has 2 aromatic rings. The van der Waals surface area contributed by atoms with E-state index in [9.17, 15) is 16.8 Å². The van der Waals surface area contributed by atoms with Crippen LogP contribution in [0.2, 0.25) is 0 Å². The number of sulfonamides is 2. The van der Waals surface area contributed by atoms with E-state index < -0.39 is 20.0 Å². The maximum Gasteiger partial charge on any atom is 0.243 e. The van der Waals surface area contributed by atoms with Crippen molar-refractivity contribution in [3.05, 3.63) is 59.2 Å². The predicted molar refractivity (Wildman–Crippen MR) is 109 cm³/mol. The van der Waals surface area contributed by atoms with Crippen LogP contribution in [-0.2, 0) is 26.6 Å². The van der Waals surface area contributed by atoms with Gasteiger partial charge in [-0.1, -0.05) is 23.8 Å². The van der Waals surface area contributed by atoms with E-state index in [1.165, 1.54) is 39.9 Å². The molecule has 0 radical (unpaired) electrons. The Morgan fingerprint density at radius 1 is 0.893 bits per heavy atom. The van der Waals surface area contributed by atoms with Crippen molar-refractivity contribution in [3.8, 4) is 0 Å². The molecule has 0 spiro atoms. The van der Waals surface area contributed by atoms with E-state index in [1.807, 2.05) is 32.0 Å². The zero-order valence-electron chi connectivity index (χ0n) is 16.4.